The zero-order valence-corrected chi connectivity index (χ0v) is 12.0. The first-order valence-electron chi connectivity index (χ1n) is 7.48. The second-order valence-electron chi connectivity index (χ2n) is 5.71. The minimum atomic E-state index is 0.880. The van der Waals surface area contributed by atoms with E-state index in [1.807, 2.05) is 18.2 Å². The first kappa shape index (κ1) is 13.0. The summed E-state index contributed by atoms with van der Waals surface area (Å²) in [5, 5.41) is 3.42. The molecule has 2 aromatic rings. The van der Waals surface area contributed by atoms with Crippen molar-refractivity contribution in [3.8, 4) is 0 Å². The van der Waals surface area contributed by atoms with E-state index in [-0.39, 0.29) is 0 Å². The SMILES string of the molecule is CC1CCN(c2ccc(Nc3ccccc3)cc2)CC1. The molecule has 1 N–H and O–H groups in total. The van der Waals surface area contributed by atoms with E-state index in [1.165, 1.54) is 31.6 Å². The second kappa shape index (κ2) is 6.00. The molecule has 0 bridgehead atoms. The number of nitrogens with one attached hydrogen (secondary N) is 1. The van der Waals surface area contributed by atoms with Crippen LogP contribution >= 0.6 is 0 Å². The highest BCUT2D eigenvalue weighted by atomic mass is 15.1. The zero-order chi connectivity index (χ0) is 13.8. The molecule has 2 heteroatoms. The fraction of sp³-hybridized carbons (Fsp3) is 0.333. The molecular weight excluding hydrogens is 244 g/mol. The summed E-state index contributed by atoms with van der Waals surface area (Å²) in [5.74, 6) is 0.880. The van der Waals surface area contributed by atoms with Gasteiger partial charge in [0.25, 0.3) is 0 Å². The van der Waals surface area contributed by atoms with Crippen molar-refractivity contribution < 1.29 is 0 Å². The summed E-state index contributed by atoms with van der Waals surface area (Å²) in [6, 6.07) is 19.1. The van der Waals surface area contributed by atoms with E-state index in [0.29, 0.717) is 0 Å². The number of para-hydroxylation sites is 1. The summed E-state index contributed by atoms with van der Waals surface area (Å²) in [6.07, 6.45) is 2.62. The molecule has 1 aliphatic rings. The van der Waals surface area contributed by atoms with Crippen molar-refractivity contribution in [2.75, 3.05) is 23.3 Å². The smallest absolute Gasteiger partial charge is 0.0385 e. The van der Waals surface area contributed by atoms with Gasteiger partial charge in [0.15, 0.2) is 0 Å². The number of hydrogen-bond donors (Lipinski definition) is 1. The van der Waals surface area contributed by atoms with Gasteiger partial charge in [-0.2, -0.15) is 0 Å². The zero-order valence-electron chi connectivity index (χ0n) is 12.0. The van der Waals surface area contributed by atoms with Gasteiger partial charge in [-0.3, -0.25) is 0 Å². The van der Waals surface area contributed by atoms with Crippen molar-refractivity contribution in [3.63, 3.8) is 0 Å². The summed E-state index contributed by atoms with van der Waals surface area (Å²) < 4.78 is 0. The van der Waals surface area contributed by atoms with Crippen LogP contribution in [0, 0.1) is 5.92 Å². The first-order chi connectivity index (χ1) is 9.81. The summed E-state index contributed by atoms with van der Waals surface area (Å²) in [7, 11) is 0. The molecule has 1 saturated heterocycles. The molecular formula is C18H22N2. The van der Waals surface area contributed by atoms with Crippen molar-refractivity contribution in [2.45, 2.75) is 19.8 Å². The Hall–Kier alpha value is -1.96. The third-order valence-corrected chi connectivity index (χ3v) is 4.08. The van der Waals surface area contributed by atoms with Gasteiger partial charge < -0.3 is 10.2 Å². The highest BCUT2D eigenvalue weighted by Crippen LogP contribution is 2.25. The fourth-order valence-electron chi connectivity index (χ4n) is 2.71. The molecule has 2 nitrogen and oxygen atoms in total. The molecule has 0 spiro atoms. The van der Waals surface area contributed by atoms with E-state index in [4.69, 9.17) is 0 Å². The normalized spacial score (nSPS) is 16.1. The van der Waals surface area contributed by atoms with E-state index in [0.717, 1.165) is 17.3 Å². The molecule has 0 unspecified atom stereocenters. The molecule has 1 fully saturated rings. The monoisotopic (exact) mass is 266 g/mol. The van der Waals surface area contributed by atoms with Crippen LogP contribution in [-0.2, 0) is 0 Å². The largest absolute Gasteiger partial charge is 0.372 e. The van der Waals surface area contributed by atoms with Crippen LogP contribution in [-0.4, -0.2) is 13.1 Å². The molecule has 1 aliphatic heterocycles. The van der Waals surface area contributed by atoms with Crippen LogP contribution in [0.3, 0.4) is 0 Å². The van der Waals surface area contributed by atoms with Crippen molar-refractivity contribution in [1.29, 1.82) is 0 Å². The minimum absolute atomic E-state index is 0.880. The van der Waals surface area contributed by atoms with Gasteiger partial charge in [-0.05, 0) is 55.2 Å². The Morgan fingerprint density at radius 2 is 1.45 bits per heavy atom. The van der Waals surface area contributed by atoms with E-state index in [2.05, 4.69) is 53.5 Å². The lowest BCUT2D eigenvalue weighted by atomic mass is 9.99. The molecule has 0 saturated carbocycles. The van der Waals surface area contributed by atoms with Crippen molar-refractivity contribution in [3.05, 3.63) is 54.6 Å². The average molecular weight is 266 g/mol. The van der Waals surface area contributed by atoms with Crippen LogP contribution in [0.15, 0.2) is 54.6 Å². The molecule has 0 atom stereocenters. The third-order valence-electron chi connectivity index (χ3n) is 4.08. The van der Waals surface area contributed by atoms with E-state index in [1.54, 1.807) is 0 Å². The maximum absolute atomic E-state index is 3.42. The lowest BCUT2D eigenvalue weighted by Crippen LogP contribution is -2.32. The summed E-state index contributed by atoms with van der Waals surface area (Å²) in [6.45, 7) is 4.73. The lowest BCUT2D eigenvalue weighted by molar-refractivity contribution is 0.438. The number of anilines is 3. The maximum Gasteiger partial charge on any atom is 0.0385 e. The standard InChI is InChI=1S/C18H22N2/c1-15-11-13-20(14-12-15)18-9-7-17(8-10-18)19-16-5-3-2-4-6-16/h2-10,15,19H,11-14H2,1H3. The molecule has 1 heterocycles. The van der Waals surface area contributed by atoms with Gasteiger partial charge >= 0.3 is 0 Å². The Labute approximate surface area is 121 Å². The maximum atomic E-state index is 3.42. The van der Waals surface area contributed by atoms with E-state index >= 15 is 0 Å². The Balaban J connectivity index is 1.65. The third kappa shape index (κ3) is 3.13. The number of nitrogens with zero attached hydrogens (tertiary/aromatic N) is 1. The van der Waals surface area contributed by atoms with Gasteiger partial charge in [-0.25, -0.2) is 0 Å². The molecule has 0 radical (unpaired) electrons. The second-order valence-corrected chi connectivity index (χ2v) is 5.71. The lowest BCUT2D eigenvalue weighted by Gasteiger charge is -2.32. The highest BCUT2D eigenvalue weighted by molar-refractivity contribution is 5.62. The van der Waals surface area contributed by atoms with E-state index < -0.39 is 0 Å². The quantitative estimate of drug-likeness (QED) is 0.868. The van der Waals surface area contributed by atoms with Crippen LogP contribution in [0.2, 0.25) is 0 Å². The predicted molar refractivity (Wildman–Crippen MR) is 86.8 cm³/mol. The van der Waals surface area contributed by atoms with Crippen LogP contribution < -0.4 is 10.2 Å². The number of hydrogen-bond acceptors (Lipinski definition) is 2. The Morgan fingerprint density at radius 1 is 0.850 bits per heavy atom. The minimum Gasteiger partial charge on any atom is -0.372 e. The van der Waals surface area contributed by atoms with Gasteiger partial charge in [0.1, 0.15) is 0 Å². The average Bonchev–Trinajstić information content (AvgIpc) is 2.50. The van der Waals surface area contributed by atoms with Gasteiger partial charge in [0.05, 0.1) is 0 Å². The van der Waals surface area contributed by atoms with Crippen molar-refractivity contribution in [1.82, 2.24) is 0 Å². The highest BCUT2D eigenvalue weighted by Gasteiger charge is 2.15. The van der Waals surface area contributed by atoms with Crippen LogP contribution in [0.1, 0.15) is 19.8 Å². The van der Waals surface area contributed by atoms with Crippen molar-refractivity contribution in [2.24, 2.45) is 5.92 Å². The molecule has 0 aliphatic carbocycles. The first-order valence-corrected chi connectivity index (χ1v) is 7.48. The molecule has 3 rings (SSSR count). The predicted octanol–water partition coefficient (Wildman–Crippen LogP) is 4.67. The van der Waals surface area contributed by atoms with E-state index in [9.17, 15) is 0 Å². The van der Waals surface area contributed by atoms with Gasteiger partial charge in [0.2, 0.25) is 0 Å². The molecule has 0 aromatic heterocycles. The van der Waals surface area contributed by atoms with Crippen molar-refractivity contribution >= 4 is 17.1 Å². The Bertz CT molecular complexity index is 525. The van der Waals surface area contributed by atoms with Gasteiger partial charge in [0, 0.05) is 30.2 Å². The van der Waals surface area contributed by atoms with Gasteiger partial charge in [-0.1, -0.05) is 25.1 Å². The molecule has 104 valence electrons. The topological polar surface area (TPSA) is 15.3 Å². The summed E-state index contributed by atoms with van der Waals surface area (Å²) in [5.41, 5.74) is 3.62. The number of rotatable bonds is 3. The number of piperidine rings is 1. The summed E-state index contributed by atoms with van der Waals surface area (Å²) >= 11 is 0. The van der Waals surface area contributed by atoms with Crippen LogP contribution in [0.5, 0.6) is 0 Å². The Morgan fingerprint density at radius 3 is 2.10 bits per heavy atom. The Kier molecular flexibility index (Phi) is 3.91. The molecule has 0 amide bonds. The summed E-state index contributed by atoms with van der Waals surface area (Å²) in [4.78, 5) is 2.49. The molecule has 20 heavy (non-hydrogen) atoms. The number of benzene rings is 2. The van der Waals surface area contributed by atoms with Crippen LogP contribution in [0.4, 0.5) is 17.1 Å². The molecule has 2 aromatic carbocycles. The van der Waals surface area contributed by atoms with Crippen LogP contribution in [0.25, 0.3) is 0 Å². The fourth-order valence-corrected chi connectivity index (χ4v) is 2.71. The van der Waals surface area contributed by atoms with Gasteiger partial charge in [-0.15, -0.1) is 0 Å².